The van der Waals surface area contributed by atoms with Crippen molar-refractivity contribution >= 4 is 5.91 Å². The van der Waals surface area contributed by atoms with Crippen molar-refractivity contribution in [1.29, 1.82) is 0 Å². The summed E-state index contributed by atoms with van der Waals surface area (Å²) < 4.78 is 2.03. The second-order valence-electron chi connectivity index (χ2n) is 3.74. The molecular formula is C9H15N5O. The van der Waals surface area contributed by atoms with Crippen LogP contribution in [0.15, 0.2) is 0 Å². The third-order valence-corrected chi connectivity index (χ3v) is 2.85. The Kier molecular flexibility index (Phi) is 2.68. The quantitative estimate of drug-likeness (QED) is 0.386. The third kappa shape index (κ3) is 1.72. The number of nitrogens with one attached hydrogen (secondary N) is 1. The molecule has 2 heterocycles. The number of hydrogen-bond acceptors (Lipinski definition) is 4. The normalized spacial score (nSPS) is 19.7. The van der Waals surface area contributed by atoms with Crippen LogP contribution in [0, 0.1) is 5.92 Å². The van der Waals surface area contributed by atoms with Crippen LogP contribution in [-0.4, -0.2) is 20.7 Å². The first-order valence-electron chi connectivity index (χ1n) is 5.17. The minimum atomic E-state index is -0.101. The van der Waals surface area contributed by atoms with Gasteiger partial charge < -0.3 is 4.57 Å². The van der Waals surface area contributed by atoms with Crippen LogP contribution in [0.2, 0.25) is 0 Å². The smallest absolute Gasteiger partial charge is 0.238 e. The van der Waals surface area contributed by atoms with Gasteiger partial charge in [0.15, 0.2) is 0 Å². The van der Waals surface area contributed by atoms with Gasteiger partial charge in [0.1, 0.15) is 11.6 Å². The van der Waals surface area contributed by atoms with E-state index in [9.17, 15) is 4.79 Å². The Balaban J connectivity index is 2.20. The molecule has 1 aromatic rings. The molecule has 0 aromatic carbocycles. The molecule has 0 radical (unpaired) electrons. The minimum absolute atomic E-state index is 0.0520. The van der Waals surface area contributed by atoms with E-state index in [1.54, 1.807) is 0 Å². The molecule has 1 atom stereocenters. The van der Waals surface area contributed by atoms with Gasteiger partial charge in [-0.2, -0.15) is 0 Å². The molecule has 82 valence electrons. The van der Waals surface area contributed by atoms with Crippen LogP contribution in [0.4, 0.5) is 0 Å². The summed E-state index contributed by atoms with van der Waals surface area (Å²) in [6.07, 6.45) is 2.43. The molecule has 0 fully saturated rings. The highest BCUT2D eigenvalue weighted by Crippen LogP contribution is 2.20. The van der Waals surface area contributed by atoms with Gasteiger partial charge in [0.25, 0.3) is 0 Å². The number of carbonyl (C=O) groups excluding carboxylic acids is 1. The fraction of sp³-hybridized carbons (Fsp3) is 0.667. The lowest BCUT2D eigenvalue weighted by Crippen LogP contribution is -2.39. The summed E-state index contributed by atoms with van der Waals surface area (Å²) >= 11 is 0. The molecule has 15 heavy (non-hydrogen) atoms. The zero-order valence-corrected chi connectivity index (χ0v) is 8.73. The van der Waals surface area contributed by atoms with Crippen LogP contribution in [0.3, 0.4) is 0 Å². The maximum atomic E-state index is 11.4. The van der Waals surface area contributed by atoms with E-state index in [-0.39, 0.29) is 11.8 Å². The van der Waals surface area contributed by atoms with Crippen molar-refractivity contribution in [3.8, 4) is 0 Å². The molecule has 0 saturated heterocycles. The summed E-state index contributed by atoms with van der Waals surface area (Å²) in [5, 5.41) is 8.18. The van der Waals surface area contributed by atoms with E-state index in [0.717, 1.165) is 30.9 Å². The van der Waals surface area contributed by atoms with Gasteiger partial charge in [0.2, 0.25) is 5.91 Å². The van der Waals surface area contributed by atoms with Gasteiger partial charge in [-0.25, -0.2) is 5.84 Å². The van der Waals surface area contributed by atoms with E-state index in [1.165, 1.54) is 0 Å². The largest absolute Gasteiger partial charge is 0.314 e. The Bertz CT molecular complexity index is 359. The number of nitrogens with two attached hydrogens (primary N) is 1. The average molecular weight is 209 g/mol. The van der Waals surface area contributed by atoms with E-state index in [4.69, 9.17) is 5.84 Å². The number of hydrogen-bond donors (Lipinski definition) is 2. The molecule has 1 aliphatic heterocycles. The van der Waals surface area contributed by atoms with Gasteiger partial charge in [0.05, 0.1) is 5.92 Å². The Morgan fingerprint density at radius 2 is 2.47 bits per heavy atom. The second kappa shape index (κ2) is 3.98. The molecular weight excluding hydrogens is 194 g/mol. The van der Waals surface area contributed by atoms with Crippen LogP contribution in [0.1, 0.15) is 25.0 Å². The topological polar surface area (TPSA) is 85.8 Å². The van der Waals surface area contributed by atoms with E-state index in [1.807, 2.05) is 11.5 Å². The summed E-state index contributed by atoms with van der Waals surface area (Å²) in [4.78, 5) is 11.4. The summed E-state index contributed by atoms with van der Waals surface area (Å²) in [5.41, 5.74) is 2.20. The van der Waals surface area contributed by atoms with Gasteiger partial charge in [-0.15, -0.1) is 10.2 Å². The van der Waals surface area contributed by atoms with Crippen LogP contribution in [0.5, 0.6) is 0 Å². The lowest BCUT2D eigenvalue weighted by atomic mass is 9.98. The number of aromatic nitrogens is 3. The summed E-state index contributed by atoms with van der Waals surface area (Å²) in [6, 6.07) is 0. The van der Waals surface area contributed by atoms with Crippen molar-refractivity contribution < 1.29 is 4.79 Å². The number of aryl methyl sites for hydroxylation is 2. The van der Waals surface area contributed by atoms with Crippen LogP contribution < -0.4 is 11.3 Å². The zero-order chi connectivity index (χ0) is 10.8. The number of rotatable bonds is 2. The maximum Gasteiger partial charge on any atom is 0.238 e. The fourth-order valence-electron chi connectivity index (χ4n) is 1.98. The molecule has 0 spiro atoms. The van der Waals surface area contributed by atoms with Crippen LogP contribution in [-0.2, 0) is 24.2 Å². The molecule has 6 heteroatoms. The Labute approximate surface area is 87.8 Å². The number of nitrogens with zero attached hydrogens (tertiary/aromatic N) is 3. The molecule has 2 rings (SSSR count). The van der Waals surface area contributed by atoms with Gasteiger partial charge in [-0.3, -0.25) is 10.2 Å². The Morgan fingerprint density at radius 3 is 3.13 bits per heavy atom. The Hall–Kier alpha value is -1.43. The maximum absolute atomic E-state index is 11.4. The summed E-state index contributed by atoms with van der Waals surface area (Å²) in [7, 11) is 0. The van der Waals surface area contributed by atoms with Crippen molar-refractivity contribution in [2.45, 2.75) is 32.7 Å². The van der Waals surface area contributed by atoms with Crippen molar-refractivity contribution in [2.24, 2.45) is 11.8 Å². The number of carbonyl (C=O) groups is 1. The highest BCUT2D eigenvalue weighted by molar-refractivity contribution is 5.78. The van der Waals surface area contributed by atoms with Gasteiger partial charge in [0, 0.05) is 19.4 Å². The van der Waals surface area contributed by atoms with Crippen molar-refractivity contribution in [1.82, 2.24) is 20.2 Å². The zero-order valence-electron chi connectivity index (χ0n) is 8.73. The highest BCUT2D eigenvalue weighted by atomic mass is 16.2. The molecule has 6 nitrogen and oxygen atoms in total. The van der Waals surface area contributed by atoms with Crippen molar-refractivity contribution in [3.63, 3.8) is 0 Å². The monoisotopic (exact) mass is 209 g/mol. The van der Waals surface area contributed by atoms with Crippen LogP contribution in [0.25, 0.3) is 0 Å². The van der Waals surface area contributed by atoms with Crippen molar-refractivity contribution in [3.05, 3.63) is 11.6 Å². The van der Waals surface area contributed by atoms with E-state index in [2.05, 4.69) is 15.6 Å². The average Bonchev–Trinajstić information content (AvgIpc) is 2.69. The predicted molar refractivity (Wildman–Crippen MR) is 53.5 cm³/mol. The van der Waals surface area contributed by atoms with Crippen LogP contribution >= 0.6 is 0 Å². The Morgan fingerprint density at radius 1 is 1.67 bits per heavy atom. The summed E-state index contributed by atoms with van der Waals surface area (Å²) in [5.74, 6) is 6.90. The van der Waals surface area contributed by atoms with E-state index < -0.39 is 0 Å². The number of fused-ring (bicyclic) bond motifs is 1. The lowest BCUT2D eigenvalue weighted by Gasteiger charge is -2.22. The molecule has 1 unspecified atom stereocenters. The molecule has 0 aliphatic carbocycles. The van der Waals surface area contributed by atoms with E-state index >= 15 is 0 Å². The highest BCUT2D eigenvalue weighted by Gasteiger charge is 2.26. The van der Waals surface area contributed by atoms with Crippen molar-refractivity contribution in [2.75, 3.05) is 0 Å². The molecule has 1 aromatic heterocycles. The summed E-state index contributed by atoms with van der Waals surface area (Å²) in [6.45, 7) is 2.68. The van der Waals surface area contributed by atoms with E-state index in [0.29, 0.717) is 6.54 Å². The van der Waals surface area contributed by atoms with Gasteiger partial charge >= 0.3 is 0 Å². The van der Waals surface area contributed by atoms with Gasteiger partial charge in [-0.1, -0.05) is 6.92 Å². The second-order valence-corrected chi connectivity index (χ2v) is 3.74. The molecule has 1 amide bonds. The molecule has 0 bridgehead atoms. The number of amides is 1. The molecule has 3 N–H and O–H groups in total. The first kappa shape index (κ1) is 10.1. The number of hydrazine groups is 1. The SMILES string of the molecule is CCc1nnc2n1CC(C(=O)NN)CC2. The minimum Gasteiger partial charge on any atom is -0.314 e. The predicted octanol–water partition coefficient (Wildman–Crippen LogP) is -0.607. The molecule has 1 aliphatic rings. The van der Waals surface area contributed by atoms with Gasteiger partial charge in [-0.05, 0) is 6.42 Å². The standard InChI is InChI=1S/C9H15N5O/c1-2-7-12-13-8-4-3-6(5-14(7)8)9(15)11-10/h6H,2-5,10H2,1H3,(H,11,15). The fourth-order valence-corrected chi connectivity index (χ4v) is 1.98. The first-order valence-corrected chi connectivity index (χ1v) is 5.17. The third-order valence-electron chi connectivity index (χ3n) is 2.85. The lowest BCUT2D eigenvalue weighted by molar-refractivity contribution is -0.126. The first-order chi connectivity index (χ1) is 7.26. The molecule has 0 saturated carbocycles.